The number of halogens is 3. The SMILES string of the molecule is FC(F)(F)c1cccc(N2CC(N3CCNCC3)C2)n1. The molecule has 0 aromatic carbocycles. The zero-order valence-corrected chi connectivity index (χ0v) is 11.0. The summed E-state index contributed by atoms with van der Waals surface area (Å²) >= 11 is 0. The summed E-state index contributed by atoms with van der Waals surface area (Å²) in [5.41, 5.74) is -0.819. The molecule has 3 rings (SSSR count). The van der Waals surface area contributed by atoms with Gasteiger partial charge in [0, 0.05) is 45.3 Å². The highest BCUT2D eigenvalue weighted by Gasteiger charge is 2.36. The van der Waals surface area contributed by atoms with Gasteiger partial charge in [-0.1, -0.05) is 6.07 Å². The molecule has 1 aromatic heterocycles. The third-order valence-corrected chi connectivity index (χ3v) is 3.88. The second-order valence-corrected chi connectivity index (χ2v) is 5.22. The molecule has 0 aliphatic carbocycles. The van der Waals surface area contributed by atoms with Gasteiger partial charge in [0.25, 0.3) is 0 Å². The number of nitrogens with one attached hydrogen (secondary N) is 1. The molecule has 2 saturated heterocycles. The van der Waals surface area contributed by atoms with E-state index in [2.05, 4.69) is 15.2 Å². The molecule has 0 bridgehead atoms. The Morgan fingerprint density at radius 2 is 1.85 bits per heavy atom. The number of pyridine rings is 1. The lowest BCUT2D eigenvalue weighted by Crippen LogP contribution is -2.63. The van der Waals surface area contributed by atoms with Crippen LogP contribution in [0.1, 0.15) is 5.69 Å². The first-order valence-corrected chi connectivity index (χ1v) is 6.78. The maximum atomic E-state index is 12.6. The monoisotopic (exact) mass is 286 g/mol. The van der Waals surface area contributed by atoms with Gasteiger partial charge in [-0.15, -0.1) is 0 Å². The molecule has 110 valence electrons. The topological polar surface area (TPSA) is 31.4 Å². The molecule has 0 amide bonds. The minimum atomic E-state index is -4.38. The van der Waals surface area contributed by atoms with Gasteiger partial charge in [0.15, 0.2) is 0 Å². The van der Waals surface area contributed by atoms with E-state index in [4.69, 9.17) is 0 Å². The Labute approximate surface area is 115 Å². The van der Waals surface area contributed by atoms with E-state index in [9.17, 15) is 13.2 Å². The highest BCUT2D eigenvalue weighted by molar-refractivity contribution is 5.43. The maximum Gasteiger partial charge on any atom is 0.433 e. The molecule has 2 aliphatic rings. The fraction of sp³-hybridized carbons (Fsp3) is 0.615. The second kappa shape index (κ2) is 5.21. The number of piperazine rings is 1. The van der Waals surface area contributed by atoms with E-state index in [1.807, 2.05) is 4.90 Å². The molecule has 2 fully saturated rings. The van der Waals surface area contributed by atoms with E-state index in [1.165, 1.54) is 6.07 Å². The lowest BCUT2D eigenvalue weighted by molar-refractivity contribution is -0.141. The van der Waals surface area contributed by atoms with Gasteiger partial charge in [0.2, 0.25) is 0 Å². The average Bonchev–Trinajstić information content (AvgIpc) is 2.38. The Kier molecular flexibility index (Phi) is 3.55. The molecule has 0 atom stereocenters. The van der Waals surface area contributed by atoms with Crippen LogP contribution < -0.4 is 10.2 Å². The van der Waals surface area contributed by atoms with Crippen LogP contribution in [0.4, 0.5) is 19.0 Å². The molecular formula is C13H17F3N4. The first-order valence-electron chi connectivity index (χ1n) is 6.78. The van der Waals surface area contributed by atoms with Crippen molar-refractivity contribution in [1.29, 1.82) is 0 Å². The summed E-state index contributed by atoms with van der Waals surface area (Å²) in [5, 5.41) is 3.29. The van der Waals surface area contributed by atoms with Gasteiger partial charge in [0.05, 0.1) is 0 Å². The van der Waals surface area contributed by atoms with E-state index in [0.29, 0.717) is 11.9 Å². The standard InChI is InChI=1S/C13H17F3N4/c14-13(15,16)11-2-1-3-12(18-11)20-8-10(9-20)19-6-4-17-5-7-19/h1-3,10,17H,4-9H2. The van der Waals surface area contributed by atoms with Gasteiger partial charge in [-0.25, -0.2) is 4.98 Å². The Bertz CT molecular complexity index is 465. The average molecular weight is 286 g/mol. The van der Waals surface area contributed by atoms with Gasteiger partial charge >= 0.3 is 6.18 Å². The lowest BCUT2D eigenvalue weighted by Gasteiger charge is -2.47. The number of hydrogen-bond acceptors (Lipinski definition) is 4. The Balaban J connectivity index is 1.62. The van der Waals surface area contributed by atoms with Crippen molar-refractivity contribution in [2.24, 2.45) is 0 Å². The van der Waals surface area contributed by atoms with Crippen LogP contribution >= 0.6 is 0 Å². The number of nitrogens with zero attached hydrogens (tertiary/aromatic N) is 3. The van der Waals surface area contributed by atoms with Gasteiger partial charge < -0.3 is 10.2 Å². The second-order valence-electron chi connectivity index (χ2n) is 5.22. The van der Waals surface area contributed by atoms with Gasteiger partial charge in [-0.05, 0) is 12.1 Å². The van der Waals surface area contributed by atoms with Gasteiger partial charge in [0.1, 0.15) is 11.5 Å². The van der Waals surface area contributed by atoms with Crippen LogP contribution in [0.15, 0.2) is 18.2 Å². The fourth-order valence-electron chi connectivity index (χ4n) is 2.68. The zero-order chi connectivity index (χ0) is 14.2. The van der Waals surface area contributed by atoms with Crippen molar-refractivity contribution in [3.8, 4) is 0 Å². The predicted octanol–water partition coefficient (Wildman–Crippen LogP) is 1.19. The highest BCUT2D eigenvalue weighted by atomic mass is 19.4. The first-order chi connectivity index (χ1) is 9.54. The first kappa shape index (κ1) is 13.6. The summed E-state index contributed by atoms with van der Waals surface area (Å²) in [6.45, 7) is 5.50. The van der Waals surface area contributed by atoms with Crippen LogP contribution in [0.25, 0.3) is 0 Å². The third-order valence-electron chi connectivity index (χ3n) is 3.88. The molecule has 0 saturated carbocycles. The number of anilines is 1. The molecule has 0 spiro atoms. The Morgan fingerprint density at radius 1 is 1.15 bits per heavy atom. The number of rotatable bonds is 2. The minimum absolute atomic E-state index is 0.422. The van der Waals surface area contributed by atoms with Crippen molar-refractivity contribution < 1.29 is 13.2 Å². The van der Waals surface area contributed by atoms with E-state index in [-0.39, 0.29) is 0 Å². The van der Waals surface area contributed by atoms with Crippen LogP contribution in [0.5, 0.6) is 0 Å². The van der Waals surface area contributed by atoms with Crippen LogP contribution in [0, 0.1) is 0 Å². The molecule has 7 heteroatoms. The van der Waals surface area contributed by atoms with E-state index < -0.39 is 11.9 Å². The molecule has 0 unspecified atom stereocenters. The molecule has 1 N–H and O–H groups in total. The smallest absolute Gasteiger partial charge is 0.353 e. The van der Waals surface area contributed by atoms with E-state index in [0.717, 1.165) is 45.3 Å². The Hall–Kier alpha value is -1.34. The lowest BCUT2D eigenvalue weighted by atomic mass is 10.1. The van der Waals surface area contributed by atoms with Crippen molar-refractivity contribution in [1.82, 2.24) is 15.2 Å². The van der Waals surface area contributed by atoms with Crippen molar-refractivity contribution in [2.45, 2.75) is 12.2 Å². The highest BCUT2D eigenvalue weighted by Crippen LogP contribution is 2.30. The summed E-state index contributed by atoms with van der Waals surface area (Å²) in [7, 11) is 0. The predicted molar refractivity (Wildman–Crippen MR) is 69.7 cm³/mol. The summed E-state index contributed by atoms with van der Waals surface area (Å²) in [4.78, 5) is 8.01. The molecule has 2 aliphatic heterocycles. The Morgan fingerprint density at radius 3 is 2.50 bits per heavy atom. The van der Waals surface area contributed by atoms with E-state index >= 15 is 0 Å². The molecule has 0 radical (unpaired) electrons. The largest absolute Gasteiger partial charge is 0.433 e. The maximum absolute atomic E-state index is 12.6. The normalized spacial score (nSPS) is 21.9. The molecular weight excluding hydrogens is 269 g/mol. The van der Waals surface area contributed by atoms with Gasteiger partial charge in [-0.3, -0.25) is 4.90 Å². The molecule has 20 heavy (non-hydrogen) atoms. The summed E-state index contributed by atoms with van der Waals surface area (Å²) in [6.07, 6.45) is -4.38. The number of aromatic nitrogens is 1. The third kappa shape index (κ3) is 2.73. The van der Waals surface area contributed by atoms with Crippen molar-refractivity contribution in [3.05, 3.63) is 23.9 Å². The molecule has 3 heterocycles. The van der Waals surface area contributed by atoms with Crippen LogP contribution in [-0.4, -0.2) is 55.2 Å². The van der Waals surface area contributed by atoms with Crippen molar-refractivity contribution in [3.63, 3.8) is 0 Å². The summed E-state index contributed by atoms with van der Waals surface area (Å²) in [6, 6.07) is 4.51. The van der Waals surface area contributed by atoms with Crippen molar-refractivity contribution in [2.75, 3.05) is 44.2 Å². The van der Waals surface area contributed by atoms with E-state index in [1.54, 1.807) is 6.07 Å². The van der Waals surface area contributed by atoms with Crippen LogP contribution in [-0.2, 0) is 6.18 Å². The fourth-order valence-corrected chi connectivity index (χ4v) is 2.68. The van der Waals surface area contributed by atoms with Crippen LogP contribution in [0.3, 0.4) is 0 Å². The summed E-state index contributed by atoms with van der Waals surface area (Å²) < 4.78 is 37.9. The molecule has 4 nitrogen and oxygen atoms in total. The van der Waals surface area contributed by atoms with Crippen molar-refractivity contribution >= 4 is 5.82 Å². The van der Waals surface area contributed by atoms with Crippen LogP contribution in [0.2, 0.25) is 0 Å². The number of hydrogen-bond donors (Lipinski definition) is 1. The zero-order valence-electron chi connectivity index (χ0n) is 11.0. The quantitative estimate of drug-likeness (QED) is 0.885. The number of alkyl halides is 3. The minimum Gasteiger partial charge on any atom is -0.353 e. The van der Waals surface area contributed by atoms with Gasteiger partial charge in [-0.2, -0.15) is 13.2 Å². The molecule has 1 aromatic rings. The summed E-state index contributed by atoms with van der Waals surface area (Å²) in [5.74, 6) is 0.422.